The normalized spacial score (nSPS) is 52.3. The molecule has 4 aliphatic carbocycles. The summed E-state index contributed by atoms with van der Waals surface area (Å²) in [5.74, 6) is 3.72. The van der Waals surface area contributed by atoms with Crippen LogP contribution in [-0.2, 0) is 0 Å². The molecule has 3 heteroatoms. The van der Waals surface area contributed by atoms with E-state index in [9.17, 15) is 10.2 Å². The van der Waals surface area contributed by atoms with E-state index in [1.54, 1.807) is 0 Å². The Morgan fingerprint density at radius 1 is 0.963 bits per heavy atom. The lowest BCUT2D eigenvalue weighted by molar-refractivity contribution is -0.140. The van der Waals surface area contributed by atoms with E-state index in [0.717, 1.165) is 43.6 Å². The Hall–Kier alpha value is -0.120. The maximum atomic E-state index is 10.8. The molecule has 0 saturated heterocycles. The van der Waals surface area contributed by atoms with Gasteiger partial charge in [-0.25, -0.2) is 0 Å². The molecule has 4 rings (SSSR count). The average molecular weight is 378 g/mol. The number of nitrogens with one attached hydrogen (secondary N) is 1. The SMILES string of the molecule is CC(C)CCN[C@H]1C[C@@]2(C)[C@@H](CC[C@@H]3[C@@H]2CC[C@]2(C)[C@@H](O)CC[C@@H]32)C[C@@H]1O. The van der Waals surface area contributed by atoms with Gasteiger partial charge in [0, 0.05) is 6.04 Å². The van der Waals surface area contributed by atoms with Gasteiger partial charge in [-0.3, -0.25) is 0 Å². The highest BCUT2D eigenvalue weighted by Crippen LogP contribution is 2.66. The number of hydrogen-bond donors (Lipinski definition) is 3. The summed E-state index contributed by atoms with van der Waals surface area (Å²) in [5.41, 5.74) is 0.542. The van der Waals surface area contributed by atoms with E-state index in [4.69, 9.17) is 0 Å². The fraction of sp³-hybridized carbons (Fsp3) is 1.00. The standard InChI is InChI=1S/C24H43NO2/c1-15(2)10-12-25-20-14-24(4)16(13-21(20)26)5-6-17-18-7-8-22(27)23(18,3)11-9-19(17)24/h15-22,25-27H,5-14H2,1-4H3/t16-,17-,18-,19-,20-,21-,22-,23-,24-/m0/s1. The summed E-state index contributed by atoms with van der Waals surface area (Å²) >= 11 is 0. The average Bonchev–Trinajstić information content (AvgIpc) is 2.91. The van der Waals surface area contributed by atoms with E-state index in [2.05, 4.69) is 33.0 Å². The van der Waals surface area contributed by atoms with Gasteiger partial charge in [0.05, 0.1) is 12.2 Å². The molecular formula is C24H43NO2. The Labute approximate surface area is 166 Å². The minimum Gasteiger partial charge on any atom is -0.393 e. The molecule has 27 heavy (non-hydrogen) atoms. The van der Waals surface area contributed by atoms with Crippen LogP contribution in [0.25, 0.3) is 0 Å². The first kappa shape index (κ1) is 20.2. The highest BCUT2D eigenvalue weighted by molar-refractivity contribution is 5.11. The molecule has 3 N–H and O–H groups in total. The Morgan fingerprint density at radius 3 is 2.44 bits per heavy atom. The van der Waals surface area contributed by atoms with Crippen molar-refractivity contribution in [3.8, 4) is 0 Å². The molecule has 0 radical (unpaired) electrons. The fourth-order valence-corrected chi connectivity index (χ4v) is 8.04. The van der Waals surface area contributed by atoms with E-state index in [0.29, 0.717) is 17.3 Å². The van der Waals surface area contributed by atoms with Gasteiger partial charge in [-0.1, -0.05) is 27.7 Å². The van der Waals surface area contributed by atoms with E-state index in [1.807, 2.05) is 0 Å². The van der Waals surface area contributed by atoms with E-state index < -0.39 is 0 Å². The third-order valence-electron chi connectivity index (χ3n) is 9.79. The van der Waals surface area contributed by atoms with Crippen molar-refractivity contribution >= 4 is 0 Å². The van der Waals surface area contributed by atoms with Crippen molar-refractivity contribution in [2.75, 3.05) is 6.54 Å². The van der Waals surface area contributed by atoms with Gasteiger partial charge >= 0.3 is 0 Å². The van der Waals surface area contributed by atoms with Gasteiger partial charge in [0.15, 0.2) is 0 Å². The number of aliphatic hydroxyl groups excluding tert-OH is 2. The number of rotatable bonds is 4. The fourth-order valence-electron chi connectivity index (χ4n) is 8.04. The quantitative estimate of drug-likeness (QED) is 0.682. The van der Waals surface area contributed by atoms with Crippen LogP contribution in [0.2, 0.25) is 0 Å². The van der Waals surface area contributed by atoms with Crippen LogP contribution in [0.5, 0.6) is 0 Å². The third-order valence-corrected chi connectivity index (χ3v) is 9.79. The van der Waals surface area contributed by atoms with Crippen LogP contribution in [0.4, 0.5) is 0 Å². The first-order valence-electron chi connectivity index (χ1n) is 11.8. The lowest BCUT2D eigenvalue weighted by atomic mass is 9.44. The molecule has 9 atom stereocenters. The zero-order chi connectivity index (χ0) is 19.4. The van der Waals surface area contributed by atoms with Crippen LogP contribution in [-0.4, -0.2) is 35.0 Å². The second-order valence-electron chi connectivity index (χ2n) is 11.5. The molecule has 0 aromatic carbocycles. The summed E-state index contributed by atoms with van der Waals surface area (Å²) in [4.78, 5) is 0. The van der Waals surface area contributed by atoms with E-state index >= 15 is 0 Å². The first-order valence-corrected chi connectivity index (χ1v) is 11.8. The molecule has 0 unspecified atom stereocenters. The molecule has 156 valence electrons. The number of fused-ring (bicyclic) bond motifs is 5. The van der Waals surface area contributed by atoms with Crippen molar-refractivity contribution < 1.29 is 10.2 Å². The summed E-state index contributed by atoms with van der Waals surface area (Å²) in [6.07, 6.45) is 10.4. The molecule has 4 saturated carbocycles. The smallest absolute Gasteiger partial charge is 0.0696 e. The molecule has 4 fully saturated rings. The summed E-state index contributed by atoms with van der Waals surface area (Å²) in [6.45, 7) is 10.5. The molecular weight excluding hydrogens is 334 g/mol. The van der Waals surface area contributed by atoms with Crippen LogP contribution >= 0.6 is 0 Å². The lowest BCUT2D eigenvalue weighted by Gasteiger charge is -2.61. The summed E-state index contributed by atoms with van der Waals surface area (Å²) in [5, 5.41) is 25.2. The van der Waals surface area contributed by atoms with Crippen LogP contribution in [0.15, 0.2) is 0 Å². The largest absolute Gasteiger partial charge is 0.393 e. The molecule has 0 aliphatic heterocycles. The van der Waals surface area contributed by atoms with Crippen LogP contribution in [0.3, 0.4) is 0 Å². The van der Waals surface area contributed by atoms with Crippen LogP contribution < -0.4 is 5.32 Å². The van der Waals surface area contributed by atoms with Crippen molar-refractivity contribution in [2.24, 2.45) is 40.4 Å². The maximum absolute atomic E-state index is 10.8. The van der Waals surface area contributed by atoms with Crippen molar-refractivity contribution in [2.45, 2.75) is 104 Å². The minimum absolute atomic E-state index is 0.0763. The van der Waals surface area contributed by atoms with Crippen molar-refractivity contribution in [3.63, 3.8) is 0 Å². The van der Waals surface area contributed by atoms with E-state index in [-0.39, 0.29) is 23.7 Å². The minimum atomic E-state index is -0.172. The summed E-state index contributed by atoms with van der Waals surface area (Å²) in [6, 6.07) is 0.270. The van der Waals surface area contributed by atoms with Gasteiger partial charge < -0.3 is 15.5 Å². The lowest BCUT2D eigenvalue weighted by Crippen LogP contribution is -2.59. The number of hydrogen-bond acceptors (Lipinski definition) is 3. The molecule has 3 nitrogen and oxygen atoms in total. The topological polar surface area (TPSA) is 52.5 Å². The van der Waals surface area contributed by atoms with Gasteiger partial charge in [-0.2, -0.15) is 0 Å². The number of aliphatic hydroxyl groups is 2. The zero-order valence-electron chi connectivity index (χ0n) is 18.1. The molecule has 0 amide bonds. The van der Waals surface area contributed by atoms with Crippen LogP contribution in [0.1, 0.15) is 85.5 Å². The second-order valence-corrected chi connectivity index (χ2v) is 11.5. The van der Waals surface area contributed by atoms with Crippen molar-refractivity contribution in [1.82, 2.24) is 5.32 Å². The highest BCUT2D eigenvalue weighted by atomic mass is 16.3. The van der Waals surface area contributed by atoms with Crippen molar-refractivity contribution in [1.29, 1.82) is 0 Å². The van der Waals surface area contributed by atoms with Gasteiger partial charge in [0.2, 0.25) is 0 Å². The Balaban J connectivity index is 1.50. The third kappa shape index (κ3) is 3.30. The molecule has 0 bridgehead atoms. The summed E-state index contributed by atoms with van der Waals surface area (Å²) in [7, 11) is 0. The maximum Gasteiger partial charge on any atom is 0.0696 e. The van der Waals surface area contributed by atoms with E-state index in [1.165, 1.54) is 38.5 Å². The molecule has 0 aromatic heterocycles. The predicted octanol–water partition coefficient (Wildman–Crippen LogP) is 4.37. The molecule has 0 spiro atoms. The molecule has 4 aliphatic rings. The van der Waals surface area contributed by atoms with Gasteiger partial charge in [0.25, 0.3) is 0 Å². The predicted molar refractivity (Wildman–Crippen MR) is 110 cm³/mol. The first-order chi connectivity index (χ1) is 12.8. The second kappa shape index (κ2) is 7.29. The van der Waals surface area contributed by atoms with Crippen molar-refractivity contribution in [3.05, 3.63) is 0 Å². The molecule has 0 heterocycles. The Kier molecular flexibility index (Phi) is 5.44. The monoisotopic (exact) mass is 377 g/mol. The zero-order valence-corrected chi connectivity index (χ0v) is 18.1. The molecule has 0 aromatic rings. The Morgan fingerprint density at radius 2 is 1.70 bits per heavy atom. The summed E-state index contributed by atoms with van der Waals surface area (Å²) < 4.78 is 0. The van der Waals surface area contributed by atoms with Gasteiger partial charge in [-0.15, -0.1) is 0 Å². The van der Waals surface area contributed by atoms with Gasteiger partial charge in [-0.05, 0) is 105 Å². The highest BCUT2D eigenvalue weighted by Gasteiger charge is 2.60. The van der Waals surface area contributed by atoms with Crippen LogP contribution in [0, 0.1) is 40.4 Å². The van der Waals surface area contributed by atoms with Gasteiger partial charge in [0.1, 0.15) is 0 Å². The Bertz CT molecular complexity index is 536.